The molecule has 2 atom stereocenters. The number of carbonyl (C=O) groups excluding carboxylic acids is 1. The van der Waals surface area contributed by atoms with Gasteiger partial charge >= 0.3 is 6.18 Å². The Morgan fingerprint density at radius 3 is 2.39 bits per heavy atom. The predicted molar refractivity (Wildman–Crippen MR) is 141 cm³/mol. The van der Waals surface area contributed by atoms with E-state index in [-0.39, 0.29) is 29.6 Å². The summed E-state index contributed by atoms with van der Waals surface area (Å²) < 4.78 is 43.3. The number of fused-ring (bicyclic) bond motifs is 1. The number of rotatable bonds is 6. The molecule has 3 heterocycles. The quantitative estimate of drug-likeness (QED) is 0.523. The molecule has 6 rings (SSSR count). The van der Waals surface area contributed by atoms with E-state index in [9.17, 15) is 18.0 Å². The van der Waals surface area contributed by atoms with Gasteiger partial charge in [0.05, 0.1) is 23.0 Å². The van der Waals surface area contributed by atoms with Crippen LogP contribution in [0.15, 0.2) is 42.6 Å². The lowest BCUT2D eigenvalue weighted by molar-refractivity contribution is -0.192. The van der Waals surface area contributed by atoms with Crippen LogP contribution in [0.4, 0.5) is 18.9 Å². The predicted octanol–water partition coefficient (Wildman–Crippen LogP) is 5.72. The number of hydrogen-bond donors (Lipinski definition) is 1. The van der Waals surface area contributed by atoms with Gasteiger partial charge in [-0.05, 0) is 80.8 Å². The number of anilines is 1. The van der Waals surface area contributed by atoms with Crippen molar-refractivity contribution < 1.29 is 18.0 Å². The summed E-state index contributed by atoms with van der Waals surface area (Å²) in [5, 5.41) is 3.50. The first-order valence-electron chi connectivity index (χ1n) is 14.0. The van der Waals surface area contributed by atoms with Crippen LogP contribution in [0, 0.1) is 11.3 Å². The van der Waals surface area contributed by atoms with E-state index >= 15 is 0 Å². The van der Waals surface area contributed by atoms with E-state index in [2.05, 4.69) is 41.2 Å². The monoisotopic (exact) mass is 526 g/mol. The van der Waals surface area contributed by atoms with Crippen molar-refractivity contribution in [2.75, 3.05) is 31.5 Å². The van der Waals surface area contributed by atoms with Gasteiger partial charge in [0.1, 0.15) is 0 Å². The summed E-state index contributed by atoms with van der Waals surface area (Å²) in [6.07, 6.45) is 2.07. The number of likely N-dealkylation sites (tertiary alicyclic amines) is 2. The molecule has 0 radical (unpaired) electrons. The van der Waals surface area contributed by atoms with E-state index in [0.717, 1.165) is 36.9 Å². The lowest BCUT2D eigenvalue weighted by atomic mass is 9.77. The summed E-state index contributed by atoms with van der Waals surface area (Å²) in [6, 6.07) is 9.55. The Morgan fingerprint density at radius 1 is 1.05 bits per heavy atom. The fourth-order valence-electron chi connectivity index (χ4n) is 6.97. The van der Waals surface area contributed by atoms with Crippen molar-refractivity contribution in [2.24, 2.45) is 11.3 Å². The molecular weight excluding hydrogens is 489 g/mol. The minimum atomic E-state index is -4.59. The maximum atomic E-state index is 14.4. The van der Waals surface area contributed by atoms with Crippen LogP contribution in [0.3, 0.4) is 0 Å². The summed E-state index contributed by atoms with van der Waals surface area (Å²) >= 11 is 0. The van der Waals surface area contributed by atoms with Gasteiger partial charge in [-0.3, -0.25) is 9.78 Å². The van der Waals surface area contributed by atoms with Gasteiger partial charge in [-0.25, -0.2) is 0 Å². The molecule has 3 fully saturated rings. The zero-order chi connectivity index (χ0) is 26.7. The molecule has 1 spiro atoms. The van der Waals surface area contributed by atoms with Crippen LogP contribution in [-0.2, 0) is 16.6 Å². The van der Waals surface area contributed by atoms with Gasteiger partial charge in [0.15, 0.2) is 6.04 Å². The Kier molecular flexibility index (Phi) is 6.24. The van der Waals surface area contributed by atoms with Gasteiger partial charge in [0, 0.05) is 24.5 Å². The molecule has 204 valence electrons. The normalized spacial score (nSPS) is 25.6. The largest absolute Gasteiger partial charge is 0.414 e. The van der Waals surface area contributed by atoms with Crippen LogP contribution in [0.2, 0.25) is 0 Å². The number of nitrogens with one attached hydrogen (secondary N) is 1. The molecule has 0 bridgehead atoms. The van der Waals surface area contributed by atoms with E-state index < -0.39 is 17.6 Å². The van der Waals surface area contributed by atoms with Crippen molar-refractivity contribution in [3.8, 4) is 0 Å². The number of benzene rings is 1. The molecule has 4 aliphatic rings. The third kappa shape index (κ3) is 4.59. The molecule has 5 nitrogen and oxygen atoms in total. The molecule has 2 aliphatic carbocycles. The van der Waals surface area contributed by atoms with Crippen molar-refractivity contribution >= 4 is 11.6 Å². The zero-order valence-electron chi connectivity index (χ0n) is 22.2. The molecule has 2 aliphatic heterocycles. The zero-order valence-corrected chi connectivity index (χ0v) is 22.2. The average molecular weight is 527 g/mol. The first kappa shape index (κ1) is 25.7. The molecule has 1 aromatic heterocycles. The molecule has 1 aromatic carbocycles. The number of amides is 1. The van der Waals surface area contributed by atoms with Crippen molar-refractivity contribution in [3.63, 3.8) is 0 Å². The number of pyridine rings is 1. The molecule has 2 saturated heterocycles. The van der Waals surface area contributed by atoms with Gasteiger partial charge in [0.2, 0.25) is 5.91 Å². The summed E-state index contributed by atoms with van der Waals surface area (Å²) in [6.45, 7) is 7.15. The molecule has 8 heteroatoms. The number of hydrogen-bond acceptors (Lipinski definition) is 4. The van der Waals surface area contributed by atoms with Crippen LogP contribution in [-0.4, -0.2) is 59.1 Å². The summed E-state index contributed by atoms with van der Waals surface area (Å²) in [4.78, 5) is 21.2. The maximum Gasteiger partial charge on any atom is 0.414 e. The minimum Gasteiger partial charge on any atom is -0.380 e. The second-order valence-corrected chi connectivity index (χ2v) is 12.5. The van der Waals surface area contributed by atoms with Crippen LogP contribution in [0.1, 0.15) is 68.8 Å². The molecule has 2 aromatic rings. The second-order valence-electron chi connectivity index (χ2n) is 12.5. The van der Waals surface area contributed by atoms with Gasteiger partial charge in [-0.2, -0.15) is 13.2 Å². The lowest BCUT2D eigenvalue weighted by Gasteiger charge is -2.39. The van der Waals surface area contributed by atoms with Crippen LogP contribution < -0.4 is 5.32 Å². The number of halogens is 3. The highest BCUT2D eigenvalue weighted by Gasteiger charge is 2.56. The fourth-order valence-corrected chi connectivity index (χ4v) is 6.97. The van der Waals surface area contributed by atoms with E-state index in [0.29, 0.717) is 24.9 Å². The van der Waals surface area contributed by atoms with Gasteiger partial charge in [-0.15, -0.1) is 0 Å². The standard InChI is InChI=1S/C30H37F3N4O/c1-28(2)23-6-4-3-5-21(23)17-25(28)35-22-9-10-24(34-18-22)26(30(31,32)33)37-16-13-29(27(37)38)11-14-36(15-12-29)19-20-7-8-20/h3-6,9-10,18,20,25-26,35H,7-8,11-17,19H2,1-2H3/t25-,26-/m0/s1. The maximum absolute atomic E-state index is 14.4. The van der Waals surface area contributed by atoms with Crippen LogP contribution in [0.5, 0.6) is 0 Å². The highest BCUT2D eigenvalue weighted by Crippen LogP contribution is 2.48. The van der Waals surface area contributed by atoms with Gasteiger partial charge < -0.3 is 15.1 Å². The van der Waals surface area contributed by atoms with Gasteiger partial charge in [0.25, 0.3) is 0 Å². The molecule has 1 N–H and O–H groups in total. The first-order chi connectivity index (χ1) is 18.1. The SMILES string of the molecule is CC1(C)c2ccccc2C[C@@H]1Nc1ccc([C@H](N2CCC3(CCN(CC4CC4)CC3)C2=O)C(F)(F)F)nc1. The molecule has 38 heavy (non-hydrogen) atoms. The number of carbonyl (C=O) groups is 1. The molecular formula is C30H37F3N4O. The third-order valence-corrected chi connectivity index (χ3v) is 9.61. The average Bonchev–Trinajstić information content (AvgIpc) is 3.60. The van der Waals surface area contributed by atoms with E-state index in [4.69, 9.17) is 0 Å². The topological polar surface area (TPSA) is 48.5 Å². The van der Waals surface area contributed by atoms with E-state index in [1.54, 1.807) is 6.07 Å². The van der Waals surface area contributed by atoms with Crippen molar-refractivity contribution in [2.45, 2.75) is 76.0 Å². The summed E-state index contributed by atoms with van der Waals surface area (Å²) in [7, 11) is 0. The van der Waals surface area contributed by atoms with Gasteiger partial charge in [-0.1, -0.05) is 38.1 Å². The Labute approximate surface area is 222 Å². The Hall–Kier alpha value is -2.61. The number of aromatic nitrogens is 1. The minimum absolute atomic E-state index is 0.108. The highest BCUT2D eigenvalue weighted by atomic mass is 19.4. The molecule has 1 amide bonds. The second kappa shape index (κ2) is 9.25. The number of piperidine rings is 1. The Bertz CT molecular complexity index is 1180. The lowest BCUT2D eigenvalue weighted by Crippen LogP contribution is -2.47. The van der Waals surface area contributed by atoms with Crippen molar-refractivity contribution in [1.29, 1.82) is 0 Å². The molecule has 1 saturated carbocycles. The number of alkyl halides is 3. The van der Waals surface area contributed by atoms with Crippen molar-refractivity contribution in [1.82, 2.24) is 14.8 Å². The molecule has 0 unspecified atom stereocenters. The van der Waals surface area contributed by atoms with E-state index in [1.807, 2.05) is 12.1 Å². The third-order valence-electron chi connectivity index (χ3n) is 9.61. The Morgan fingerprint density at radius 2 is 1.76 bits per heavy atom. The number of nitrogens with zero attached hydrogens (tertiary/aromatic N) is 3. The fraction of sp³-hybridized carbons (Fsp3) is 0.600. The van der Waals surface area contributed by atoms with Crippen LogP contribution in [0.25, 0.3) is 0 Å². The first-order valence-corrected chi connectivity index (χ1v) is 14.0. The van der Waals surface area contributed by atoms with E-state index in [1.165, 1.54) is 36.2 Å². The van der Waals surface area contributed by atoms with Crippen LogP contribution >= 0.6 is 0 Å². The summed E-state index contributed by atoms with van der Waals surface area (Å²) in [5.41, 5.74) is 2.37. The summed E-state index contributed by atoms with van der Waals surface area (Å²) in [5.74, 6) is 0.424. The van der Waals surface area contributed by atoms with Crippen molar-refractivity contribution in [3.05, 3.63) is 59.4 Å². The Balaban J connectivity index is 1.16. The highest BCUT2D eigenvalue weighted by molar-refractivity contribution is 5.85. The smallest absolute Gasteiger partial charge is 0.380 e.